The SMILES string of the molecule is CC(C)(C)NCC1(Cc2cccs2)CC1. The Morgan fingerprint density at radius 2 is 2.13 bits per heavy atom. The van der Waals surface area contributed by atoms with Crippen LogP contribution in [-0.4, -0.2) is 12.1 Å². The van der Waals surface area contributed by atoms with Gasteiger partial charge in [0.1, 0.15) is 0 Å². The molecule has 0 radical (unpaired) electrons. The Labute approximate surface area is 96.9 Å². The molecule has 0 unspecified atom stereocenters. The largest absolute Gasteiger partial charge is 0.312 e. The van der Waals surface area contributed by atoms with Crippen LogP contribution in [0.4, 0.5) is 0 Å². The van der Waals surface area contributed by atoms with E-state index in [1.165, 1.54) is 25.8 Å². The van der Waals surface area contributed by atoms with Crippen LogP contribution in [0.3, 0.4) is 0 Å². The normalized spacial score (nSPS) is 19.1. The van der Waals surface area contributed by atoms with Gasteiger partial charge in [-0.3, -0.25) is 0 Å². The van der Waals surface area contributed by atoms with Crippen LogP contribution in [0.1, 0.15) is 38.5 Å². The van der Waals surface area contributed by atoms with Gasteiger partial charge in [-0.05, 0) is 56.9 Å². The predicted molar refractivity (Wildman–Crippen MR) is 67.4 cm³/mol. The van der Waals surface area contributed by atoms with E-state index in [1.807, 2.05) is 11.3 Å². The highest BCUT2D eigenvalue weighted by atomic mass is 32.1. The van der Waals surface area contributed by atoms with Gasteiger partial charge in [-0.2, -0.15) is 0 Å². The van der Waals surface area contributed by atoms with Crippen molar-refractivity contribution in [1.29, 1.82) is 0 Å². The summed E-state index contributed by atoms with van der Waals surface area (Å²) in [5.74, 6) is 0. The molecule has 0 amide bonds. The Hall–Kier alpha value is -0.340. The molecule has 1 fully saturated rings. The minimum Gasteiger partial charge on any atom is -0.312 e. The van der Waals surface area contributed by atoms with Crippen LogP contribution in [0.25, 0.3) is 0 Å². The molecule has 15 heavy (non-hydrogen) atoms. The first-order valence-corrected chi connectivity index (χ1v) is 6.65. The molecule has 1 nitrogen and oxygen atoms in total. The average Bonchev–Trinajstić information content (AvgIpc) is 2.69. The van der Waals surface area contributed by atoms with Crippen LogP contribution < -0.4 is 5.32 Å². The Bertz CT molecular complexity index is 304. The van der Waals surface area contributed by atoms with Gasteiger partial charge in [-0.25, -0.2) is 0 Å². The smallest absolute Gasteiger partial charge is 0.00967 e. The highest BCUT2D eigenvalue weighted by Gasteiger charge is 2.42. The molecular formula is C13H21NS. The third-order valence-electron chi connectivity index (χ3n) is 3.08. The van der Waals surface area contributed by atoms with Crippen molar-refractivity contribution in [2.75, 3.05) is 6.54 Å². The molecule has 2 rings (SSSR count). The van der Waals surface area contributed by atoms with Crippen molar-refractivity contribution in [3.05, 3.63) is 22.4 Å². The molecule has 1 heterocycles. The summed E-state index contributed by atoms with van der Waals surface area (Å²) in [5, 5.41) is 5.82. The van der Waals surface area contributed by atoms with E-state index in [9.17, 15) is 0 Å². The van der Waals surface area contributed by atoms with Crippen LogP contribution in [0, 0.1) is 5.41 Å². The summed E-state index contributed by atoms with van der Waals surface area (Å²) in [6, 6.07) is 4.43. The van der Waals surface area contributed by atoms with E-state index in [2.05, 4.69) is 43.6 Å². The molecule has 84 valence electrons. The lowest BCUT2D eigenvalue weighted by Crippen LogP contribution is -2.40. The molecule has 1 N–H and O–H groups in total. The predicted octanol–water partition coefficient (Wildman–Crippen LogP) is 3.46. The van der Waals surface area contributed by atoms with Crippen LogP contribution >= 0.6 is 11.3 Å². The molecule has 0 atom stereocenters. The van der Waals surface area contributed by atoms with E-state index in [1.54, 1.807) is 4.88 Å². The first-order valence-electron chi connectivity index (χ1n) is 5.77. The van der Waals surface area contributed by atoms with Crippen LogP contribution in [0.15, 0.2) is 17.5 Å². The van der Waals surface area contributed by atoms with E-state index in [0.717, 1.165) is 0 Å². The third-order valence-corrected chi connectivity index (χ3v) is 3.96. The van der Waals surface area contributed by atoms with Gasteiger partial charge in [0.05, 0.1) is 0 Å². The number of rotatable bonds is 4. The molecule has 2 heteroatoms. The summed E-state index contributed by atoms with van der Waals surface area (Å²) in [5.41, 5.74) is 0.836. The van der Waals surface area contributed by atoms with Gasteiger partial charge in [0, 0.05) is 17.0 Å². The molecule has 1 aliphatic rings. The average molecular weight is 223 g/mol. The van der Waals surface area contributed by atoms with Gasteiger partial charge < -0.3 is 5.32 Å². The second-order valence-corrected chi connectivity index (χ2v) is 6.89. The maximum Gasteiger partial charge on any atom is 0.00967 e. The van der Waals surface area contributed by atoms with Crippen molar-refractivity contribution in [1.82, 2.24) is 5.32 Å². The Kier molecular flexibility index (Phi) is 2.91. The molecule has 0 aliphatic heterocycles. The minimum absolute atomic E-state index is 0.255. The molecule has 0 bridgehead atoms. The highest BCUT2D eigenvalue weighted by Crippen LogP contribution is 2.48. The second-order valence-electron chi connectivity index (χ2n) is 5.86. The molecule has 0 aromatic carbocycles. The van der Waals surface area contributed by atoms with Gasteiger partial charge in [0.25, 0.3) is 0 Å². The van der Waals surface area contributed by atoms with E-state index < -0.39 is 0 Å². The van der Waals surface area contributed by atoms with Crippen LogP contribution in [0.2, 0.25) is 0 Å². The molecule has 1 aliphatic carbocycles. The maximum atomic E-state index is 3.64. The lowest BCUT2D eigenvalue weighted by molar-refractivity contribution is 0.357. The fourth-order valence-electron chi connectivity index (χ4n) is 1.83. The summed E-state index contributed by atoms with van der Waals surface area (Å²) in [6.45, 7) is 7.91. The van der Waals surface area contributed by atoms with Gasteiger partial charge in [0.2, 0.25) is 0 Å². The van der Waals surface area contributed by atoms with Crippen molar-refractivity contribution >= 4 is 11.3 Å². The fraction of sp³-hybridized carbons (Fsp3) is 0.692. The van der Waals surface area contributed by atoms with Crippen molar-refractivity contribution in [3.8, 4) is 0 Å². The summed E-state index contributed by atoms with van der Waals surface area (Å²) in [4.78, 5) is 1.54. The number of hydrogen-bond acceptors (Lipinski definition) is 2. The Balaban J connectivity index is 1.86. The summed E-state index contributed by atoms with van der Waals surface area (Å²) < 4.78 is 0. The molecule has 1 aromatic heterocycles. The first-order chi connectivity index (χ1) is 6.99. The van der Waals surface area contributed by atoms with Crippen LogP contribution in [0.5, 0.6) is 0 Å². The van der Waals surface area contributed by atoms with E-state index in [0.29, 0.717) is 5.41 Å². The quantitative estimate of drug-likeness (QED) is 0.824. The number of nitrogens with one attached hydrogen (secondary N) is 1. The minimum atomic E-state index is 0.255. The maximum absolute atomic E-state index is 3.64. The van der Waals surface area contributed by atoms with E-state index >= 15 is 0 Å². The zero-order chi connectivity index (χ0) is 10.9. The Morgan fingerprint density at radius 1 is 1.40 bits per heavy atom. The van der Waals surface area contributed by atoms with Crippen molar-refractivity contribution < 1.29 is 0 Å². The van der Waals surface area contributed by atoms with Gasteiger partial charge in [0.15, 0.2) is 0 Å². The van der Waals surface area contributed by atoms with E-state index in [-0.39, 0.29) is 5.54 Å². The van der Waals surface area contributed by atoms with Crippen molar-refractivity contribution in [2.24, 2.45) is 5.41 Å². The first kappa shape index (κ1) is 11.2. The summed E-state index contributed by atoms with van der Waals surface area (Å²) >= 11 is 1.90. The number of hydrogen-bond donors (Lipinski definition) is 1. The van der Waals surface area contributed by atoms with Crippen molar-refractivity contribution in [3.63, 3.8) is 0 Å². The topological polar surface area (TPSA) is 12.0 Å². The fourth-order valence-corrected chi connectivity index (χ4v) is 2.71. The lowest BCUT2D eigenvalue weighted by atomic mass is 9.99. The molecule has 1 aromatic rings. The zero-order valence-electron chi connectivity index (χ0n) is 9.97. The molecule has 0 spiro atoms. The van der Waals surface area contributed by atoms with Gasteiger partial charge in [-0.15, -0.1) is 11.3 Å². The lowest BCUT2D eigenvalue weighted by Gasteiger charge is -2.25. The third kappa shape index (κ3) is 3.32. The molecule has 0 saturated heterocycles. The van der Waals surface area contributed by atoms with Gasteiger partial charge in [-0.1, -0.05) is 6.07 Å². The monoisotopic (exact) mass is 223 g/mol. The standard InChI is InChI=1S/C13H21NS/c1-12(2,3)14-10-13(6-7-13)9-11-5-4-8-15-11/h4-5,8,14H,6-7,9-10H2,1-3H3. The zero-order valence-corrected chi connectivity index (χ0v) is 10.8. The second kappa shape index (κ2) is 3.91. The Morgan fingerprint density at radius 3 is 2.60 bits per heavy atom. The highest BCUT2D eigenvalue weighted by molar-refractivity contribution is 7.09. The molecular weight excluding hydrogens is 202 g/mol. The number of thiophene rings is 1. The van der Waals surface area contributed by atoms with Crippen LogP contribution in [-0.2, 0) is 6.42 Å². The van der Waals surface area contributed by atoms with E-state index in [4.69, 9.17) is 0 Å². The summed E-state index contributed by atoms with van der Waals surface area (Å²) in [7, 11) is 0. The van der Waals surface area contributed by atoms with Gasteiger partial charge >= 0.3 is 0 Å². The van der Waals surface area contributed by atoms with Crippen molar-refractivity contribution in [2.45, 2.75) is 45.6 Å². The molecule has 1 saturated carbocycles. The summed E-state index contributed by atoms with van der Waals surface area (Å²) in [6.07, 6.45) is 4.07.